The molecule has 27 heavy (non-hydrogen) atoms. The number of carbonyl (C=O) groups is 2. The minimum atomic E-state index is -0.325. The van der Waals surface area contributed by atoms with Crippen LogP contribution in [0.4, 0.5) is 15.8 Å². The van der Waals surface area contributed by atoms with Gasteiger partial charge in [-0.1, -0.05) is 18.2 Å². The monoisotopic (exact) mass is 382 g/mol. The second-order valence-electron chi connectivity index (χ2n) is 6.02. The zero-order chi connectivity index (χ0) is 19.0. The second-order valence-corrected chi connectivity index (χ2v) is 7.11. The van der Waals surface area contributed by atoms with E-state index in [2.05, 4.69) is 5.32 Å². The quantitative estimate of drug-likeness (QED) is 0.740. The van der Waals surface area contributed by atoms with Crippen molar-refractivity contribution in [3.63, 3.8) is 0 Å². The molecule has 3 aromatic rings. The van der Waals surface area contributed by atoms with Gasteiger partial charge < -0.3 is 15.0 Å². The Morgan fingerprint density at radius 3 is 2.81 bits per heavy atom. The molecule has 7 heteroatoms. The van der Waals surface area contributed by atoms with Crippen molar-refractivity contribution < 1.29 is 18.7 Å². The predicted molar refractivity (Wildman–Crippen MR) is 103 cm³/mol. The number of hydrogen-bond acceptors (Lipinski definition) is 4. The van der Waals surface area contributed by atoms with Gasteiger partial charge in [0.15, 0.2) is 6.61 Å². The van der Waals surface area contributed by atoms with E-state index in [-0.39, 0.29) is 24.2 Å². The van der Waals surface area contributed by atoms with Crippen LogP contribution in [-0.2, 0) is 4.79 Å². The summed E-state index contributed by atoms with van der Waals surface area (Å²) < 4.78 is 19.3. The molecule has 136 valence electrons. The molecule has 0 aliphatic carbocycles. The molecule has 1 aromatic heterocycles. The molecule has 0 unspecified atom stereocenters. The Hall–Kier alpha value is -3.19. The van der Waals surface area contributed by atoms with Crippen LogP contribution in [0.3, 0.4) is 0 Å². The number of rotatable bonds is 3. The van der Waals surface area contributed by atoms with E-state index in [4.69, 9.17) is 4.74 Å². The largest absolute Gasteiger partial charge is 0.482 e. The molecule has 2 heterocycles. The molecule has 0 spiro atoms. The maximum atomic E-state index is 13.9. The number of ether oxygens (including phenoxy) is 1. The normalized spacial score (nSPS) is 13.1. The number of nitrogens with one attached hydrogen (secondary N) is 1. The topological polar surface area (TPSA) is 58.6 Å². The van der Waals surface area contributed by atoms with Crippen molar-refractivity contribution >= 4 is 34.5 Å². The fourth-order valence-corrected chi connectivity index (χ4v) is 3.74. The first-order valence-electron chi connectivity index (χ1n) is 8.22. The van der Waals surface area contributed by atoms with E-state index in [1.165, 1.54) is 22.3 Å². The Morgan fingerprint density at radius 1 is 1.19 bits per heavy atom. The van der Waals surface area contributed by atoms with Gasteiger partial charge in [0.2, 0.25) is 0 Å². The highest BCUT2D eigenvalue weighted by atomic mass is 32.1. The molecule has 4 rings (SSSR count). The van der Waals surface area contributed by atoms with Crippen LogP contribution < -0.4 is 15.0 Å². The van der Waals surface area contributed by atoms with E-state index in [0.29, 0.717) is 32.4 Å². The predicted octanol–water partition coefficient (Wildman–Crippen LogP) is 4.16. The van der Waals surface area contributed by atoms with Gasteiger partial charge in [-0.3, -0.25) is 9.59 Å². The highest BCUT2D eigenvalue weighted by molar-refractivity contribution is 7.17. The van der Waals surface area contributed by atoms with Crippen LogP contribution in [0.15, 0.2) is 54.6 Å². The summed E-state index contributed by atoms with van der Waals surface area (Å²) >= 11 is 1.22. The second kappa shape index (κ2) is 6.85. The highest BCUT2D eigenvalue weighted by Gasteiger charge is 2.23. The number of likely N-dealkylation sites (N-methyl/N-ethyl adjacent to an activating group) is 1. The van der Waals surface area contributed by atoms with E-state index < -0.39 is 0 Å². The third-order valence-electron chi connectivity index (χ3n) is 4.27. The van der Waals surface area contributed by atoms with Gasteiger partial charge in [-0.15, -0.1) is 11.3 Å². The first kappa shape index (κ1) is 17.2. The molecule has 0 fully saturated rings. The fourth-order valence-electron chi connectivity index (χ4n) is 2.81. The lowest BCUT2D eigenvalue weighted by Crippen LogP contribution is -2.35. The highest BCUT2D eigenvalue weighted by Crippen LogP contribution is 2.34. The summed E-state index contributed by atoms with van der Waals surface area (Å²) in [5.74, 6) is -0.186. The van der Waals surface area contributed by atoms with Gasteiger partial charge in [-0.2, -0.15) is 0 Å². The summed E-state index contributed by atoms with van der Waals surface area (Å²) in [6.07, 6.45) is 0. The first-order valence-corrected chi connectivity index (χ1v) is 9.04. The summed E-state index contributed by atoms with van der Waals surface area (Å²) in [5.41, 5.74) is 1.61. The molecule has 0 bridgehead atoms. The van der Waals surface area contributed by atoms with Crippen LogP contribution in [0.5, 0.6) is 5.75 Å². The number of fused-ring (bicyclic) bond motifs is 1. The molecular weight excluding hydrogens is 367 g/mol. The van der Waals surface area contributed by atoms with Gasteiger partial charge in [0.25, 0.3) is 11.8 Å². The van der Waals surface area contributed by atoms with Crippen molar-refractivity contribution in [1.29, 1.82) is 0 Å². The van der Waals surface area contributed by atoms with Gasteiger partial charge >= 0.3 is 0 Å². The lowest BCUT2D eigenvalue weighted by atomic mass is 10.2. The van der Waals surface area contributed by atoms with Crippen molar-refractivity contribution in [2.45, 2.75) is 0 Å². The van der Waals surface area contributed by atoms with Crippen LogP contribution in [0.2, 0.25) is 0 Å². The van der Waals surface area contributed by atoms with Crippen LogP contribution in [-0.4, -0.2) is 25.5 Å². The van der Waals surface area contributed by atoms with Gasteiger partial charge in [-0.05, 0) is 36.4 Å². The molecule has 0 radical (unpaired) electrons. The summed E-state index contributed by atoms with van der Waals surface area (Å²) in [6, 6.07) is 15.0. The van der Waals surface area contributed by atoms with E-state index in [1.807, 2.05) is 0 Å². The molecule has 0 saturated heterocycles. The van der Waals surface area contributed by atoms with Gasteiger partial charge in [0.1, 0.15) is 11.6 Å². The molecule has 2 aromatic carbocycles. The molecule has 0 atom stereocenters. The minimum absolute atomic E-state index is 0.00320. The molecule has 1 N–H and O–H groups in total. The Morgan fingerprint density at radius 2 is 2.00 bits per heavy atom. The third kappa shape index (κ3) is 3.29. The maximum Gasteiger partial charge on any atom is 0.265 e. The van der Waals surface area contributed by atoms with Gasteiger partial charge in [0.05, 0.1) is 10.6 Å². The molecule has 1 aliphatic rings. The van der Waals surface area contributed by atoms with Crippen LogP contribution in [0.25, 0.3) is 10.4 Å². The van der Waals surface area contributed by atoms with Crippen molar-refractivity contribution in [3.05, 3.63) is 65.3 Å². The molecule has 1 aliphatic heterocycles. The Kier molecular flexibility index (Phi) is 4.37. The summed E-state index contributed by atoms with van der Waals surface area (Å²) in [5, 5.41) is 2.81. The van der Waals surface area contributed by atoms with E-state index in [1.54, 1.807) is 55.6 Å². The average Bonchev–Trinajstić information content (AvgIpc) is 3.15. The zero-order valence-electron chi connectivity index (χ0n) is 14.4. The standard InChI is InChI=1S/C20H15FN2O3S/c1-23-15-10-12(6-7-16(15)26-11-19(23)24)22-20(25)18-9-8-17(27-18)13-4-2-3-5-14(13)21/h2-10H,11H2,1H3,(H,22,25). The number of amides is 2. The lowest BCUT2D eigenvalue weighted by Gasteiger charge is -2.26. The van der Waals surface area contributed by atoms with Gasteiger partial charge in [-0.25, -0.2) is 4.39 Å². The fraction of sp³-hybridized carbons (Fsp3) is 0.100. The number of anilines is 2. The molecule has 0 saturated carbocycles. The molecular formula is C20H15FN2O3S. The summed E-state index contributed by atoms with van der Waals surface area (Å²) in [6.45, 7) is 0.00320. The lowest BCUT2D eigenvalue weighted by molar-refractivity contribution is -0.120. The number of benzene rings is 2. The van der Waals surface area contributed by atoms with Crippen molar-refractivity contribution in [2.75, 3.05) is 23.9 Å². The average molecular weight is 382 g/mol. The Bertz CT molecular complexity index is 1050. The molecule has 2 amide bonds. The number of nitrogens with zero attached hydrogens (tertiary/aromatic N) is 1. The third-order valence-corrected chi connectivity index (χ3v) is 5.39. The number of thiophene rings is 1. The van der Waals surface area contributed by atoms with Crippen LogP contribution in [0.1, 0.15) is 9.67 Å². The maximum absolute atomic E-state index is 13.9. The number of carbonyl (C=O) groups excluding carboxylic acids is 2. The van der Waals surface area contributed by atoms with E-state index >= 15 is 0 Å². The Balaban J connectivity index is 1.55. The van der Waals surface area contributed by atoms with E-state index in [9.17, 15) is 14.0 Å². The summed E-state index contributed by atoms with van der Waals surface area (Å²) in [7, 11) is 1.66. The Labute approximate surface area is 159 Å². The van der Waals surface area contributed by atoms with Crippen LogP contribution >= 0.6 is 11.3 Å². The smallest absolute Gasteiger partial charge is 0.265 e. The SMILES string of the molecule is CN1C(=O)COc2ccc(NC(=O)c3ccc(-c4ccccc4F)s3)cc21. The number of hydrogen-bond donors (Lipinski definition) is 1. The van der Waals surface area contributed by atoms with Crippen molar-refractivity contribution in [2.24, 2.45) is 0 Å². The van der Waals surface area contributed by atoms with Crippen molar-refractivity contribution in [1.82, 2.24) is 0 Å². The van der Waals surface area contributed by atoms with Gasteiger partial charge in [0, 0.05) is 23.2 Å². The number of halogens is 1. The van der Waals surface area contributed by atoms with Crippen molar-refractivity contribution in [3.8, 4) is 16.2 Å². The van der Waals surface area contributed by atoms with Crippen LogP contribution in [0, 0.1) is 5.82 Å². The zero-order valence-corrected chi connectivity index (χ0v) is 15.2. The summed E-state index contributed by atoms with van der Waals surface area (Å²) in [4.78, 5) is 27.0. The molecule has 5 nitrogen and oxygen atoms in total. The first-order chi connectivity index (χ1) is 13.0. The van der Waals surface area contributed by atoms with E-state index in [0.717, 1.165) is 0 Å². The minimum Gasteiger partial charge on any atom is -0.482 e.